The summed E-state index contributed by atoms with van der Waals surface area (Å²) in [5, 5.41) is 7.08. The van der Waals surface area contributed by atoms with E-state index >= 15 is 0 Å². The van der Waals surface area contributed by atoms with E-state index in [2.05, 4.69) is 10.6 Å². The van der Waals surface area contributed by atoms with Gasteiger partial charge in [-0.2, -0.15) is 0 Å². The van der Waals surface area contributed by atoms with Crippen LogP contribution >= 0.6 is 0 Å². The van der Waals surface area contributed by atoms with Gasteiger partial charge in [0, 0.05) is 11.4 Å². The van der Waals surface area contributed by atoms with Gasteiger partial charge in [-0.05, 0) is 66.2 Å². The van der Waals surface area contributed by atoms with Crippen molar-refractivity contribution in [3.63, 3.8) is 0 Å². The Labute approximate surface area is 196 Å². The van der Waals surface area contributed by atoms with Gasteiger partial charge in [-0.25, -0.2) is 9.59 Å². The lowest BCUT2D eigenvalue weighted by Crippen LogP contribution is -2.20. The molecule has 7 heteroatoms. The summed E-state index contributed by atoms with van der Waals surface area (Å²) >= 11 is 0. The number of benzene rings is 4. The minimum absolute atomic E-state index is 0.118. The average Bonchev–Trinajstić information content (AvgIpc) is 2.84. The Morgan fingerprint density at radius 2 is 1.35 bits per heavy atom. The molecule has 4 aromatic rings. The fourth-order valence-electron chi connectivity index (χ4n) is 3.35. The summed E-state index contributed by atoms with van der Waals surface area (Å²) in [7, 11) is 0. The van der Waals surface area contributed by atoms with Gasteiger partial charge in [-0.15, -0.1) is 0 Å². The van der Waals surface area contributed by atoms with Gasteiger partial charge in [0.15, 0.2) is 0 Å². The summed E-state index contributed by atoms with van der Waals surface area (Å²) in [6.07, 6.45) is -0.770. The van der Waals surface area contributed by atoms with Gasteiger partial charge in [0.05, 0.1) is 17.7 Å². The monoisotopic (exact) mass is 454 g/mol. The van der Waals surface area contributed by atoms with Crippen LogP contribution in [-0.2, 0) is 4.74 Å². The first-order valence-electron chi connectivity index (χ1n) is 10.7. The lowest BCUT2D eigenvalue weighted by Gasteiger charge is -2.13. The molecule has 34 heavy (non-hydrogen) atoms. The van der Waals surface area contributed by atoms with Gasteiger partial charge in [0.25, 0.3) is 5.91 Å². The Hall–Kier alpha value is -4.65. The Bertz CT molecular complexity index is 1330. The van der Waals surface area contributed by atoms with Gasteiger partial charge >= 0.3 is 12.1 Å². The first-order chi connectivity index (χ1) is 16.5. The summed E-state index contributed by atoms with van der Waals surface area (Å²) in [5.41, 5.74) is 1.64. The second-order valence-electron chi connectivity index (χ2n) is 7.33. The molecule has 0 radical (unpaired) electrons. The standard InChI is InChI=1S/C27H22N2O5/c1-2-33-26(31)18-12-14-22(15-13-18)29-27(32)34-24-17-20-9-7-6-8-19(20)16-23(24)25(30)28-21-10-4-3-5-11-21/h3-17H,2H2,1H3,(H,28,30)(H,29,32). The Morgan fingerprint density at radius 3 is 2.03 bits per heavy atom. The Kier molecular flexibility index (Phi) is 6.84. The van der Waals surface area contributed by atoms with Gasteiger partial charge in [-0.3, -0.25) is 10.1 Å². The van der Waals surface area contributed by atoms with Crippen molar-refractivity contribution in [2.24, 2.45) is 0 Å². The zero-order valence-electron chi connectivity index (χ0n) is 18.4. The molecule has 0 bridgehead atoms. The molecule has 0 aliphatic rings. The van der Waals surface area contributed by atoms with Crippen LogP contribution in [0.5, 0.6) is 5.75 Å². The van der Waals surface area contributed by atoms with Crippen molar-refractivity contribution in [3.05, 3.63) is 102 Å². The van der Waals surface area contributed by atoms with Crippen molar-refractivity contribution in [2.45, 2.75) is 6.92 Å². The molecule has 0 unspecified atom stereocenters. The number of nitrogens with one attached hydrogen (secondary N) is 2. The molecule has 0 aromatic heterocycles. The average molecular weight is 454 g/mol. The number of carbonyl (C=O) groups excluding carboxylic acids is 3. The van der Waals surface area contributed by atoms with Crippen LogP contribution in [0.15, 0.2) is 91.0 Å². The van der Waals surface area contributed by atoms with E-state index in [1.54, 1.807) is 55.5 Å². The summed E-state index contributed by atoms with van der Waals surface area (Å²) in [4.78, 5) is 37.4. The fraction of sp³-hybridized carbons (Fsp3) is 0.0741. The van der Waals surface area contributed by atoms with Crippen LogP contribution < -0.4 is 15.4 Å². The fourth-order valence-corrected chi connectivity index (χ4v) is 3.35. The number of carbonyl (C=O) groups is 3. The van der Waals surface area contributed by atoms with E-state index in [0.29, 0.717) is 16.9 Å². The molecule has 2 N–H and O–H groups in total. The Balaban J connectivity index is 1.55. The van der Waals surface area contributed by atoms with Gasteiger partial charge in [-0.1, -0.05) is 42.5 Å². The van der Waals surface area contributed by atoms with Crippen LogP contribution in [0, 0.1) is 0 Å². The van der Waals surface area contributed by atoms with Crippen molar-refractivity contribution in [3.8, 4) is 5.75 Å². The normalized spacial score (nSPS) is 10.4. The molecular weight excluding hydrogens is 432 g/mol. The third kappa shape index (κ3) is 5.39. The molecule has 0 atom stereocenters. The second-order valence-corrected chi connectivity index (χ2v) is 7.33. The van der Waals surface area contributed by atoms with Crippen molar-refractivity contribution < 1.29 is 23.9 Å². The molecule has 0 saturated carbocycles. The van der Waals surface area contributed by atoms with Crippen LogP contribution in [-0.4, -0.2) is 24.6 Å². The lowest BCUT2D eigenvalue weighted by molar-refractivity contribution is 0.0526. The summed E-state index contributed by atoms with van der Waals surface area (Å²) in [5.74, 6) is -0.729. The molecule has 0 aliphatic carbocycles. The molecule has 170 valence electrons. The highest BCUT2D eigenvalue weighted by molar-refractivity contribution is 6.09. The zero-order chi connectivity index (χ0) is 23.9. The number of ether oxygens (including phenoxy) is 2. The number of hydrogen-bond donors (Lipinski definition) is 2. The van der Waals surface area contributed by atoms with Gasteiger partial charge < -0.3 is 14.8 Å². The second kappa shape index (κ2) is 10.3. The van der Waals surface area contributed by atoms with Crippen LogP contribution in [0.25, 0.3) is 10.8 Å². The summed E-state index contributed by atoms with van der Waals surface area (Å²) in [6.45, 7) is 2.00. The molecule has 0 aliphatic heterocycles. The number of para-hydroxylation sites is 1. The third-order valence-corrected chi connectivity index (χ3v) is 4.97. The number of fused-ring (bicyclic) bond motifs is 1. The van der Waals surface area contributed by atoms with E-state index < -0.39 is 18.0 Å². The number of anilines is 2. The molecule has 0 heterocycles. The van der Waals surface area contributed by atoms with E-state index in [1.165, 1.54) is 0 Å². The van der Waals surface area contributed by atoms with Crippen LogP contribution in [0.3, 0.4) is 0 Å². The lowest BCUT2D eigenvalue weighted by atomic mass is 10.1. The first kappa shape index (κ1) is 22.5. The topological polar surface area (TPSA) is 93.7 Å². The quantitative estimate of drug-likeness (QED) is 0.355. The maximum absolute atomic E-state index is 13.0. The highest BCUT2D eigenvalue weighted by atomic mass is 16.6. The van der Waals surface area contributed by atoms with E-state index in [9.17, 15) is 14.4 Å². The predicted octanol–water partition coefficient (Wildman–Crippen LogP) is 5.88. The zero-order valence-corrected chi connectivity index (χ0v) is 18.4. The Morgan fingerprint density at radius 1 is 0.735 bits per heavy atom. The van der Waals surface area contributed by atoms with E-state index in [1.807, 2.05) is 42.5 Å². The molecule has 4 aromatic carbocycles. The smallest absolute Gasteiger partial charge is 0.417 e. The van der Waals surface area contributed by atoms with Crippen molar-refractivity contribution in [1.82, 2.24) is 0 Å². The summed E-state index contributed by atoms with van der Waals surface area (Å²) < 4.78 is 10.5. The first-order valence-corrected chi connectivity index (χ1v) is 10.7. The maximum atomic E-state index is 13.0. The van der Waals surface area contributed by atoms with E-state index in [0.717, 1.165) is 10.8 Å². The molecular formula is C27H22N2O5. The van der Waals surface area contributed by atoms with Crippen LogP contribution in [0.1, 0.15) is 27.6 Å². The molecule has 0 saturated heterocycles. The largest absolute Gasteiger partial charge is 0.462 e. The molecule has 7 nitrogen and oxygen atoms in total. The van der Waals surface area contributed by atoms with E-state index in [4.69, 9.17) is 9.47 Å². The number of amides is 2. The SMILES string of the molecule is CCOC(=O)c1ccc(NC(=O)Oc2cc3ccccc3cc2C(=O)Nc2ccccc2)cc1. The number of esters is 1. The van der Waals surface area contributed by atoms with Gasteiger partial charge in [0.1, 0.15) is 5.75 Å². The third-order valence-electron chi connectivity index (χ3n) is 4.97. The van der Waals surface area contributed by atoms with Crippen LogP contribution in [0.4, 0.5) is 16.2 Å². The van der Waals surface area contributed by atoms with Gasteiger partial charge in [0.2, 0.25) is 0 Å². The molecule has 0 spiro atoms. The van der Waals surface area contributed by atoms with E-state index in [-0.39, 0.29) is 17.9 Å². The maximum Gasteiger partial charge on any atom is 0.417 e. The highest BCUT2D eigenvalue weighted by Crippen LogP contribution is 2.27. The molecule has 2 amide bonds. The van der Waals surface area contributed by atoms with Crippen LogP contribution in [0.2, 0.25) is 0 Å². The van der Waals surface area contributed by atoms with Crippen molar-refractivity contribution >= 4 is 40.1 Å². The predicted molar refractivity (Wildman–Crippen MR) is 130 cm³/mol. The number of hydrogen-bond acceptors (Lipinski definition) is 5. The summed E-state index contributed by atoms with van der Waals surface area (Å²) in [6, 6.07) is 26.1. The highest BCUT2D eigenvalue weighted by Gasteiger charge is 2.18. The van der Waals surface area contributed by atoms with Crippen molar-refractivity contribution in [2.75, 3.05) is 17.2 Å². The molecule has 4 rings (SSSR count). The number of rotatable bonds is 6. The minimum atomic E-state index is -0.770. The van der Waals surface area contributed by atoms with Crippen molar-refractivity contribution in [1.29, 1.82) is 0 Å². The molecule has 0 fully saturated rings. The minimum Gasteiger partial charge on any atom is -0.462 e.